The summed E-state index contributed by atoms with van der Waals surface area (Å²) in [7, 11) is 0. The first-order valence-corrected chi connectivity index (χ1v) is 7.04. The van der Waals surface area contributed by atoms with Crippen molar-refractivity contribution in [1.82, 2.24) is 4.98 Å². The predicted octanol–water partition coefficient (Wildman–Crippen LogP) is 3.37. The minimum atomic E-state index is -0.446. The SMILES string of the molecule is CCOc1cc(NCc2csc(C)n2)ccc1[N+](=O)[O-]. The maximum Gasteiger partial charge on any atom is 0.311 e. The molecule has 1 heterocycles. The summed E-state index contributed by atoms with van der Waals surface area (Å²) in [6, 6.07) is 4.75. The van der Waals surface area contributed by atoms with Crippen LogP contribution in [0.25, 0.3) is 0 Å². The number of hydrogen-bond acceptors (Lipinski definition) is 6. The fraction of sp³-hybridized carbons (Fsp3) is 0.308. The van der Waals surface area contributed by atoms with E-state index >= 15 is 0 Å². The van der Waals surface area contributed by atoms with E-state index < -0.39 is 4.92 Å². The summed E-state index contributed by atoms with van der Waals surface area (Å²) in [4.78, 5) is 14.8. The van der Waals surface area contributed by atoms with Gasteiger partial charge in [-0.15, -0.1) is 11.3 Å². The fourth-order valence-corrected chi connectivity index (χ4v) is 2.34. The molecule has 0 spiro atoms. The molecule has 1 N–H and O–H groups in total. The van der Waals surface area contributed by atoms with Crippen LogP contribution in [-0.2, 0) is 6.54 Å². The number of hydrogen-bond donors (Lipinski definition) is 1. The van der Waals surface area contributed by atoms with Crippen molar-refractivity contribution in [3.63, 3.8) is 0 Å². The second kappa shape index (κ2) is 6.33. The van der Waals surface area contributed by atoms with Gasteiger partial charge in [-0.25, -0.2) is 4.98 Å². The Morgan fingerprint density at radius 1 is 1.50 bits per heavy atom. The van der Waals surface area contributed by atoms with Gasteiger partial charge in [-0.2, -0.15) is 0 Å². The lowest BCUT2D eigenvalue weighted by atomic mass is 10.2. The van der Waals surface area contributed by atoms with Gasteiger partial charge in [0.15, 0.2) is 5.75 Å². The summed E-state index contributed by atoms with van der Waals surface area (Å²) in [5.41, 5.74) is 1.69. The molecule has 0 fully saturated rings. The van der Waals surface area contributed by atoms with Gasteiger partial charge in [0.05, 0.1) is 28.8 Å². The summed E-state index contributed by atoms with van der Waals surface area (Å²) in [5.74, 6) is 0.275. The Bertz CT molecular complexity index is 613. The van der Waals surface area contributed by atoms with Crippen molar-refractivity contribution in [1.29, 1.82) is 0 Å². The zero-order valence-corrected chi connectivity index (χ0v) is 12.1. The lowest BCUT2D eigenvalue weighted by molar-refractivity contribution is -0.385. The summed E-state index contributed by atoms with van der Waals surface area (Å²) in [6.07, 6.45) is 0. The first-order valence-electron chi connectivity index (χ1n) is 6.16. The van der Waals surface area contributed by atoms with Crippen molar-refractivity contribution in [3.05, 3.63) is 44.4 Å². The minimum absolute atomic E-state index is 0.0260. The normalized spacial score (nSPS) is 10.3. The molecule has 0 amide bonds. The highest BCUT2D eigenvalue weighted by atomic mass is 32.1. The molecule has 0 atom stereocenters. The number of ether oxygens (including phenoxy) is 1. The number of nitrogens with one attached hydrogen (secondary N) is 1. The van der Waals surface area contributed by atoms with Crippen LogP contribution >= 0.6 is 11.3 Å². The number of aryl methyl sites for hydroxylation is 1. The van der Waals surface area contributed by atoms with Crippen molar-refractivity contribution in [2.24, 2.45) is 0 Å². The summed E-state index contributed by atoms with van der Waals surface area (Å²) >= 11 is 1.59. The van der Waals surface area contributed by atoms with E-state index in [4.69, 9.17) is 4.74 Å². The number of aromatic nitrogens is 1. The third-order valence-corrected chi connectivity index (χ3v) is 3.42. The zero-order valence-electron chi connectivity index (χ0n) is 11.3. The van der Waals surface area contributed by atoms with Crippen molar-refractivity contribution >= 4 is 22.7 Å². The molecular formula is C13H15N3O3S. The van der Waals surface area contributed by atoms with E-state index in [1.165, 1.54) is 6.07 Å². The largest absolute Gasteiger partial charge is 0.487 e. The van der Waals surface area contributed by atoms with Gasteiger partial charge in [-0.3, -0.25) is 10.1 Å². The van der Waals surface area contributed by atoms with Gasteiger partial charge in [0.1, 0.15) is 0 Å². The number of nitro benzene ring substituents is 1. The molecule has 20 heavy (non-hydrogen) atoms. The van der Waals surface area contributed by atoms with Crippen LogP contribution in [0.3, 0.4) is 0 Å². The number of nitrogens with zero attached hydrogens (tertiary/aromatic N) is 2. The van der Waals surface area contributed by atoms with Gasteiger partial charge >= 0.3 is 5.69 Å². The monoisotopic (exact) mass is 293 g/mol. The topological polar surface area (TPSA) is 77.3 Å². The van der Waals surface area contributed by atoms with Gasteiger partial charge in [0, 0.05) is 23.2 Å². The van der Waals surface area contributed by atoms with Crippen LogP contribution in [0.5, 0.6) is 5.75 Å². The number of anilines is 1. The molecule has 2 aromatic rings. The average molecular weight is 293 g/mol. The van der Waals surface area contributed by atoms with Crippen molar-refractivity contribution in [2.75, 3.05) is 11.9 Å². The molecule has 0 aliphatic heterocycles. The van der Waals surface area contributed by atoms with E-state index in [1.54, 1.807) is 30.4 Å². The Hall–Kier alpha value is -2.15. The number of thiazole rings is 1. The third kappa shape index (κ3) is 3.45. The van der Waals surface area contributed by atoms with Crippen LogP contribution in [0.15, 0.2) is 23.6 Å². The maximum absolute atomic E-state index is 10.9. The molecule has 0 saturated carbocycles. The first kappa shape index (κ1) is 14.3. The quantitative estimate of drug-likeness (QED) is 0.652. The first-order chi connectivity index (χ1) is 9.60. The predicted molar refractivity (Wildman–Crippen MR) is 78.4 cm³/mol. The minimum Gasteiger partial charge on any atom is -0.487 e. The van der Waals surface area contributed by atoms with Crippen molar-refractivity contribution in [2.45, 2.75) is 20.4 Å². The highest BCUT2D eigenvalue weighted by Gasteiger charge is 2.15. The third-order valence-electron chi connectivity index (χ3n) is 2.60. The highest BCUT2D eigenvalue weighted by molar-refractivity contribution is 7.09. The second-order valence-electron chi connectivity index (χ2n) is 4.08. The Kier molecular flexibility index (Phi) is 4.52. The van der Waals surface area contributed by atoms with Gasteiger partial charge in [0.2, 0.25) is 0 Å². The molecule has 6 nitrogen and oxygen atoms in total. The Morgan fingerprint density at radius 2 is 2.30 bits per heavy atom. The maximum atomic E-state index is 10.9. The van der Waals surface area contributed by atoms with Gasteiger partial charge in [-0.05, 0) is 19.9 Å². The smallest absolute Gasteiger partial charge is 0.311 e. The molecule has 1 aromatic heterocycles. The molecule has 7 heteroatoms. The van der Waals surface area contributed by atoms with E-state index in [-0.39, 0.29) is 11.4 Å². The van der Waals surface area contributed by atoms with Gasteiger partial charge in [-0.1, -0.05) is 0 Å². The van der Waals surface area contributed by atoms with Crippen LogP contribution in [0.4, 0.5) is 11.4 Å². The molecule has 1 aromatic carbocycles. The lowest BCUT2D eigenvalue weighted by Gasteiger charge is -2.08. The number of rotatable bonds is 6. The van der Waals surface area contributed by atoms with Crippen molar-refractivity contribution in [3.8, 4) is 5.75 Å². The Balaban J connectivity index is 2.12. The van der Waals surface area contributed by atoms with Crippen LogP contribution < -0.4 is 10.1 Å². The number of nitro groups is 1. The highest BCUT2D eigenvalue weighted by Crippen LogP contribution is 2.30. The molecule has 0 aliphatic carbocycles. The Morgan fingerprint density at radius 3 is 2.90 bits per heavy atom. The second-order valence-corrected chi connectivity index (χ2v) is 5.15. The van der Waals surface area contributed by atoms with E-state index in [0.717, 1.165) is 16.4 Å². The molecule has 2 rings (SSSR count). The van der Waals surface area contributed by atoms with E-state index in [0.29, 0.717) is 13.2 Å². The summed E-state index contributed by atoms with van der Waals surface area (Å²) < 4.78 is 5.30. The summed E-state index contributed by atoms with van der Waals surface area (Å²) in [6.45, 7) is 4.71. The standard InChI is InChI=1S/C13H15N3O3S/c1-3-19-13-6-10(4-5-12(13)16(17)18)14-7-11-8-20-9(2)15-11/h4-6,8,14H,3,7H2,1-2H3. The number of benzene rings is 1. The molecule has 0 bridgehead atoms. The zero-order chi connectivity index (χ0) is 14.5. The molecule has 106 valence electrons. The summed E-state index contributed by atoms with van der Waals surface area (Å²) in [5, 5.41) is 17.1. The van der Waals surface area contributed by atoms with Crippen LogP contribution in [0.2, 0.25) is 0 Å². The van der Waals surface area contributed by atoms with Gasteiger partial charge in [0.25, 0.3) is 0 Å². The molecular weight excluding hydrogens is 278 g/mol. The lowest BCUT2D eigenvalue weighted by Crippen LogP contribution is -2.02. The van der Waals surface area contributed by atoms with E-state index in [1.807, 2.05) is 12.3 Å². The molecule has 0 aliphatic rings. The van der Waals surface area contributed by atoms with Crippen LogP contribution in [-0.4, -0.2) is 16.5 Å². The van der Waals surface area contributed by atoms with E-state index in [2.05, 4.69) is 10.3 Å². The molecule has 0 saturated heterocycles. The Labute approximate surface area is 120 Å². The van der Waals surface area contributed by atoms with Crippen LogP contribution in [0.1, 0.15) is 17.6 Å². The molecule has 0 radical (unpaired) electrons. The fourth-order valence-electron chi connectivity index (χ4n) is 1.73. The van der Waals surface area contributed by atoms with Crippen LogP contribution in [0, 0.1) is 17.0 Å². The van der Waals surface area contributed by atoms with Crippen molar-refractivity contribution < 1.29 is 9.66 Å². The molecule has 0 unspecified atom stereocenters. The average Bonchev–Trinajstić information content (AvgIpc) is 2.82. The van der Waals surface area contributed by atoms with Gasteiger partial charge < -0.3 is 10.1 Å². The van der Waals surface area contributed by atoms with E-state index in [9.17, 15) is 10.1 Å².